The maximum absolute atomic E-state index is 12.8. The smallest absolute Gasteiger partial charge is 0.314 e. The summed E-state index contributed by atoms with van der Waals surface area (Å²) in [6.45, 7) is 4.90. The van der Waals surface area contributed by atoms with E-state index < -0.39 is 6.03 Å². The predicted molar refractivity (Wildman–Crippen MR) is 96.9 cm³/mol. The van der Waals surface area contributed by atoms with Crippen LogP contribution in [0, 0.1) is 17.2 Å². The van der Waals surface area contributed by atoms with Crippen molar-refractivity contribution in [2.24, 2.45) is 11.7 Å². The molecule has 1 aromatic carbocycles. The Balaban J connectivity index is 1.50. The molecule has 2 aliphatic heterocycles. The van der Waals surface area contributed by atoms with Crippen LogP contribution >= 0.6 is 0 Å². The minimum Gasteiger partial charge on any atom is -0.351 e. The summed E-state index contributed by atoms with van der Waals surface area (Å²) in [5, 5.41) is 9.00. The van der Waals surface area contributed by atoms with Crippen LogP contribution in [0.25, 0.3) is 0 Å². The molecule has 3 amide bonds. The number of piperazine rings is 1. The number of nitriles is 1. The molecule has 26 heavy (non-hydrogen) atoms. The summed E-state index contributed by atoms with van der Waals surface area (Å²) < 4.78 is 0. The Bertz CT molecular complexity index is 706. The molecule has 1 aromatic rings. The summed E-state index contributed by atoms with van der Waals surface area (Å²) in [6, 6.07) is 9.38. The first-order valence-corrected chi connectivity index (χ1v) is 9.11. The van der Waals surface area contributed by atoms with E-state index in [0.717, 1.165) is 38.0 Å². The monoisotopic (exact) mass is 355 g/mol. The molecule has 0 radical (unpaired) electrons. The molecule has 0 aromatic heterocycles. The van der Waals surface area contributed by atoms with Crippen LogP contribution in [0.4, 0.5) is 4.79 Å². The standard InChI is InChI=1S/C19H25N5O2/c20-12-15-3-1-4-16(11-15)13-22-7-9-23(10-8-22)18(25)17-5-2-6-24(14-17)19(21)26/h1,3-4,11,17H,2,5-10,13-14H2,(H2,21,26). The van der Waals surface area contributed by atoms with Gasteiger partial charge in [-0.15, -0.1) is 0 Å². The van der Waals surface area contributed by atoms with Crippen LogP contribution in [0.2, 0.25) is 0 Å². The van der Waals surface area contributed by atoms with E-state index in [4.69, 9.17) is 11.0 Å². The molecule has 138 valence electrons. The lowest BCUT2D eigenvalue weighted by atomic mass is 9.96. The maximum atomic E-state index is 12.8. The first kappa shape index (κ1) is 18.2. The van der Waals surface area contributed by atoms with Gasteiger partial charge >= 0.3 is 6.03 Å². The van der Waals surface area contributed by atoms with Crippen LogP contribution in [0.3, 0.4) is 0 Å². The molecule has 2 saturated heterocycles. The molecule has 1 atom stereocenters. The second kappa shape index (κ2) is 8.19. The van der Waals surface area contributed by atoms with Crippen molar-refractivity contribution >= 4 is 11.9 Å². The molecule has 3 rings (SSSR count). The van der Waals surface area contributed by atoms with Crippen molar-refractivity contribution in [3.05, 3.63) is 35.4 Å². The number of primary amides is 1. The van der Waals surface area contributed by atoms with Gasteiger partial charge in [-0.3, -0.25) is 9.69 Å². The summed E-state index contributed by atoms with van der Waals surface area (Å²) in [6.07, 6.45) is 1.65. The zero-order valence-corrected chi connectivity index (χ0v) is 14.9. The van der Waals surface area contributed by atoms with Crippen LogP contribution in [-0.4, -0.2) is 65.9 Å². The molecule has 0 aliphatic carbocycles. The fourth-order valence-electron chi connectivity index (χ4n) is 3.76. The highest BCUT2D eigenvalue weighted by molar-refractivity contribution is 5.80. The minimum atomic E-state index is -0.438. The van der Waals surface area contributed by atoms with E-state index in [9.17, 15) is 9.59 Å². The maximum Gasteiger partial charge on any atom is 0.314 e. The highest BCUT2D eigenvalue weighted by Gasteiger charge is 2.32. The van der Waals surface area contributed by atoms with Gasteiger partial charge in [-0.05, 0) is 30.5 Å². The van der Waals surface area contributed by atoms with Crippen molar-refractivity contribution in [2.45, 2.75) is 19.4 Å². The van der Waals surface area contributed by atoms with Gasteiger partial charge in [0.25, 0.3) is 0 Å². The van der Waals surface area contributed by atoms with E-state index in [2.05, 4.69) is 11.0 Å². The van der Waals surface area contributed by atoms with Crippen molar-refractivity contribution in [3.8, 4) is 6.07 Å². The van der Waals surface area contributed by atoms with E-state index in [1.807, 2.05) is 23.1 Å². The van der Waals surface area contributed by atoms with Gasteiger partial charge in [-0.25, -0.2) is 4.79 Å². The average molecular weight is 355 g/mol. The number of carbonyl (C=O) groups excluding carboxylic acids is 2. The van der Waals surface area contributed by atoms with Crippen molar-refractivity contribution in [1.82, 2.24) is 14.7 Å². The first-order valence-electron chi connectivity index (χ1n) is 9.11. The van der Waals surface area contributed by atoms with Gasteiger partial charge in [0.05, 0.1) is 17.6 Å². The number of likely N-dealkylation sites (tertiary alicyclic amines) is 1. The summed E-state index contributed by atoms with van der Waals surface area (Å²) >= 11 is 0. The molecule has 7 heteroatoms. The van der Waals surface area contributed by atoms with Gasteiger partial charge in [0.1, 0.15) is 0 Å². The van der Waals surface area contributed by atoms with Gasteiger partial charge in [0.15, 0.2) is 0 Å². The zero-order valence-electron chi connectivity index (χ0n) is 14.9. The second-order valence-corrected chi connectivity index (χ2v) is 7.04. The third-order valence-corrected chi connectivity index (χ3v) is 5.23. The van der Waals surface area contributed by atoms with Gasteiger partial charge in [0, 0.05) is 45.8 Å². The van der Waals surface area contributed by atoms with Crippen molar-refractivity contribution in [1.29, 1.82) is 5.26 Å². The molecule has 2 heterocycles. The van der Waals surface area contributed by atoms with E-state index >= 15 is 0 Å². The topological polar surface area (TPSA) is 93.7 Å². The van der Waals surface area contributed by atoms with Crippen LogP contribution in [0.15, 0.2) is 24.3 Å². The number of hydrogen-bond donors (Lipinski definition) is 1. The number of nitrogens with two attached hydrogens (primary N) is 1. The van der Waals surface area contributed by atoms with Gasteiger partial charge in [0.2, 0.25) is 5.91 Å². The molecule has 7 nitrogen and oxygen atoms in total. The number of nitrogens with zero attached hydrogens (tertiary/aromatic N) is 4. The Morgan fingerprint density at radius 2 is 1.92 bits per heavy atom. The van der Waals surface area contributed by atoms with E-state index in [1.165, 1.54) is 0 Å². The third-order valence-electron chi connectivity index (χ3n) is 5.23. The molecule has 2 fully saturated rings. The number of hydrogen-bond acceptors (Lipinski definition) is 4. The van der Waals surface area contributed by atoms with Gasteiger partial charge in [-0.2, -0.15) is 5.26 Å². The minimum absolute atomic E-state index is 0.130. The number of amides is 3. The van der Waals surface area contributed by atoms with Crippen molar-refractivity contribution < 1.29 is 9.59 Å². The Labute approximate surface area is 153 Å². The highest BCUT2D eigenvalue weighted by atomic mass is 16.2. The third kappa shape index (κ3) is 4.33. The summed E-state index contributed by atoms with van der Waals surface area (Å²) in [5.74, 6) is 0.0113. The Hall–Kier alpha value is -2.59. The Morgan fingerprint density at radius 3 is 2.62 bits per heavy atom. The molecular weight excluding hydrogens is 330 g/mol. The quantitative estimate of drug-likeness (QED) is 0.875. The van der Waals surface area contributed by atoms with Crippen LogP contribution in [0.5, 0.6) is 0 Å². The molecule has 1 unspecified atom stereocenters. The van der Waals surface area contributed by atoms with E-state index in [0.29, 0.717) is 31.7 Å². The Kier molecular flexibility index (Phi) is 5.74. The molecule has 0 saturated carbocycles. The van der Waals surface area contributed by atoms with Crippen LogP contribution < -0.4 is 5.73 Å². The fourth-order valence-corrected chi connectivity index (χ4v) is 3.76. The van der Waals surface area contributed by atoms with Crippen LogP contribution in [-0.2, 0) is 11.3 Å². The first-order chi connectivity index (χ1) is 12.6. The number of urea groups is 1. The molecular formula is C19H25N5O2. The fraction of sp³-hybridized carbons (Fsp3) is 0.526. The normalized spacial score (nSPS) is 21.3. The van der Waals surface area contributed by atoms with E-state index in [1.54, 1.807) is 11.0 Å². The largest absolute Gasteiger partial charge is 0.351 e. The van der Waals surface area contributed by atoms with Crippen LogP contribution in [0.1, 0.15) is 24.0 Å². The second-order valence-electron chi connectivity index (χ2n) is 7.04. The van der Waals surface area contributed by atoms with Crippen molar-refractivity contribution in [3.63, 3.8) is 0 Å². The van der Waals surface area contributed by atoms with Gasteiger partial charge < -0.3 is 15.5 Å². The number of rotatable bonds is 3. The lowest BCUT2D eigenvalue weighted by Gasteiger charge is -2.38. The zero-order chi connectivity index (χ0) is 18.5. The molecule has 2 aliphatic rings. The molecule has 0 bridgehead atoms. The average Bonchev–Trinajstić information content (AvgIpc) is 2.68. The predicted octanol–water partition coefficient (Wildman–Crippen LogP) is 0.993. The molecule has 0 spiro atoms. The summed E-state index contributed by atoms with van der Waals surface area (Å²) in [4.78, 5) is 29.9. The van der Waals surface area contributed by atoms with Gasteiger partial charge in [-0.1, -0.05) is 12.1 Å². The lowest BCUT2D eigenvalue weighted by Crippen LogP contribution is -2.53. The highest BCUT2D eigenvalue weighted by Crippen LogP contribution is 2.20. The number of piperidine rings is 1. The Morgan fingerprint density at radius 1 is 1.15 bits per heavy atom. The number of carbonyl (C=O) groups is 2. The summed E-state index contributed by atoms with van der Waals surface area (Å²) in [5.41, 5.74) is 7.15. The van der Waals surface area contributed by atoms with E-state index in [-0.39, 0.29) is 11.8 Å². The lowest BCUT2D eigenvalue weighted by molar-refractivity contribution is -0.138. The van der Waals surface area contributed by atoms with Crippen molar-refractivity contribution in [2.75, 3.05) is 39.3 Å². The molecule has 2 N–H and O–H groups in total. The number of benzene rings is 1. The SMILES string of the molecule is N#Cc1cccc(CN2CCN(C(=O)C3CCCN(C(N)=O)C3)CC2)c1. The summed E-state index contributed by atoms with van der Waals surface area (Å²) in [7, 11) is 0.